The Balaban J connectivity index is 3.34. The number of hydrogen-bond acceptors (Lipinski definition) is 5. The van der Waals surface area contributed by atoms with Crippen LogP contribution in [0.15, 0.2) is 24.3 Å². The van der Waals surface area contributed by atoms with Crippen LogP contribution in [0.1, 0.15) is 23.7 Å². The predicted molar refractivity (Wildman–Crippen MR) is 74.2 cm³/mol. The van der Waals surface area contributed by atoms with E-state index in [1.165, 1.54) is 18.2 Å². The molecule has 0 fully saturated rings. The number of benzene rings is 1. The molecule has 1 atom stereocenters. The van der Waals surface area contributed by atoms with Crippen LogP contribution in [0.3, 0.4) is 0 Å². The van der Waals surface area contributed by atoms with Crippen molar-refractivity contribution in [2.24, 2.45) is 0 Å². The van der Waals surface area contributed by atoms with Crippen LogP contribution in [-0.4, -0.2) is 29.0 Å². The van der Waals surface area contributed by atoms with Crippen molar-refractivity contribution in [2.45, 2.75) is 17.0 Å². The van der Waals surface area contributed by atoms with Crippen LogP contribution in [0, 0.1) is 10.1 Å². The van der Waals surface area contributed by atoms with Crippen molar-refractivity contribution >= 4 is 37.2 Å². The number of nitrogens with zero attached hydrogens (tertiary/aromatic N) is 1. The Morgan fingerprint density at radius 1 is 1.47 bits per heavy atom. The van der Waals surface area contributed by atoms with Crippen LogP contribution in [0.25, 0.3) is 0 Å². The fourth-order valence-corrected chi connectivity index (χ4v) is 2.78. The number of hydrogen-bond donors (Lipinski definition) is 0. The lowest BCUT2D eigenvalue weighted by molar-refractivity contribution is -0.384. The number of sulfone groups is 1. The van der Waals surface area contributed by atoms with Crippen LogP contribution in [0.4, 0.5) is 5.69 Å². The molecule has 0 N–H and O–H groups in total. The monoisotopic (exact) mass is 349 g/mol. The molecule has 0 saturated carbocycles. The van der Waals surface area contributed by atoms with E-state index in [1.54, 1.807) is 6.92 Å². The largest absolute Gasteiger partial charge is 0.291 e. The van der Waals surface area contributed by atoms with Gasteiger partial charge < -0.3 is 0 Å². The average Bonchev–Trinajstić information content (AvgIpc) is 2.35. The molecule has 1 unspecified atom stereocenters. The molecule has 0 aliphatic heterocycles. The summed E-state index contributed by atoms with van der Waals surface area (Å²) in [4.78, 5) is 22.3. The summed E-state index contributed by atoms with van der Waals surface area (Å²) >= 11 is 2.96. The Hall–Kier alpha value is -1.28. The summed E-state index contributed by atoms with van der Waals surface area (Å²) in [5, 5.41) is 10.7. The molecule has 0 radical (unpaired) electrons. The molecular weight excluding hydrogens is 338 g/mol. The van der Waals surface area contributed by atoms with Crippen LogP contribution in [0.5, 0.6) is 0 Å². The van der Waals surface area contributed by atoms with Gasteiger partial charge in [0.1, 0.15) is 0 Å². The molecule has 0 heterocycles. The van der Waals surface area contributed by atoms with Gasteiger partial charge in [-0.2, -0.15) is 0 Å². The summed E-state index contributed by atoms with van der Waals surface area (Å²) in [5.41, 5.74) is -0.274. The maximum Gasteiger partial charge on any atom is 0.270 e. The molecule has 19 heavy (non-hydrogen) atoms. The van der Waals surface area contributed by atoms with Crippen LogP contribution < -0.4 is 0 Å². The van der Waals surface area contributed by atoms with Gasteiger partial charge in [-0.15, -0.1) is 0 Å². The normalized spacial score (nSPS) is 14.7. The first kappa shape index (κ1) is 15.8. The molecule has 1 aromatic carbocycles. The maximum absolute atomic E-state index is 12.3. The van der Waals surface area contributed by atoms with Gasteiger partial charge in [-0.1, -0.05) is 35.0 Å². The highest BCUT2D eigenvalue weighted by Crippen LogP contribution is 2.33. The highest BCUT2D eigenvalue weighted by molar-refractivity contribution is 9.12. The number of rotatable bonds is 5. The predicted octanol–water partition coefficient (Wildman–Crippen LogP) is 2.32. The molecule has 8 heteroatoms. The molecule has 104 valence electrons. The molecule has 0 spiro atoms. The van der Waals surface area contributed by atoms with Crippen LogP contribution in [0.2, 0.25) is 0 Å². The standard InChI is InChI=1S/C11H12BrNO5S/c1-3-11(12,19(2,17)18)10(14)8-5-4-6-9(7-8)13(15)16/h4-7H,3H2,1-2H3. The second-order valence-electron chi connectivity index (χ2n) is 3.99. The van der Waals surface area contributed by atoms with Gasteiger partial charge in [0.05, 0.1) is 4.92 Å². The van der Waals surface area contributed by atoms with E-state index in [0.29, 0.717) is 0 Å². The molecule has 0 aliphatic rings. The smallest absolute Gasteiger partial charge is 0.270 e. The summed E-state index contributed by atoms with van der Waals surface area (Å²) in [6.07, 6.45) is 0.966. The van der Waals surface area contributed by atoms with Crippen molar-refractivity contribution < 1.29 is 18.1 Å². The quantitative estimate of drug-likeness (QED) is 0.352. The maximum atomic E-state index is 12.3. The zero-order valence-electron chi connectivity index (χ0n) is 10.3. The van der Waals surface area contributed by atoms with E-state index in [1.807, 2.05) is 0 Å². The third kappa shape index (κ3) is 3.01. The number of Topliss-reactive ketones (excluding diaryl/α,β-unsaturated/α-hetero) is 1. The van der Waals surface area contributed by atoms with Crippen molar-refractivity contribution in [1.29, 1.82) is 0 Å². The Kier molecular flexibility index (Phi) is 4.46. The van der Waals surface area contributed by atoms with Crippen molar-refractivity contribution in [3.8, 4) is 0 Å². The topological polar surface area (TPSA) is 94.3 Å². The van der Waals surface area contributed by atoms with Gasteiger partial charge in [0.2, 0.25) is 0 Å². The Bertz CT molecular complexity index is 628. The van der Waals surface area contributed by atoms with Crippen LogP contribution >= 0.6 is 15.9 Å². The first-order valence-electron chi connectivity index (χ1n) is 5.31. The molecule has 0 bridgehead atoms. The molecule has 0 aromatic heterocycles. The second kappa shape index (κ2) is 5.38. The summed E-state index contributed by atoms with van der Waals surface area (Å²) < 4.78 is 21.7. The van der Waals surface area contributed by atoms with Gasteiger partial charge in [-0.25, -0.2) is 8.42 Å². The molecular formula is C11H12BrNO5S. The third-order valence-electron chi connectivity index (χ3n) is 2.70. The summed E-state index contributed by atoms with van der Waals surface area (Å²) in [7, 11) is -3.70. The summed E-state index contributed by atoms with van der Waals surface area (Å²) in [6, 6.07) is 5.00. The van der Waals surface area contributed by atoms with E-state index in [-0.39, 0.29) is 17.7 Å². The Morgan fingerprint density at radius 2 is 2.05 bits per heavy atom. The van der Waals surface area contributed by atoms with Crippen molar-refractivity contribution in [2.75, 3.05) is 6.26 Å². The van der Waals surface area contributed by atoms with Gasteiger partial charge in [0, 0.05) is 24.0 Å². The van der Waals surface area contributed by atoms with E-state index in [9.17, 15) is 23.3 Å². The number of non-ortho nitro benzene ring substituents is 1. The first-order valence-corrected chi connectivity index (χ1v) is 7.99. The summed E-state index contributed by atoms with van der Waals surface area (Å²) in [6.45, 7) is 1.55. The Morgan fingerprint density at radius 3 is 2.47 bits per heavy atom. The molecule has 0 amide bonds. The molecule has 0 saturated heterocycles. The van der Waals surface area contributed by atoms with Crippen molar-refractivity contribution in [3.63, 3.8) is 0 Å². The second-order valence-corrected chi connectivity index (χ2v) is 8.11. The minimum atomic E-state index is -3.70. The minimum absolute atomic E-state index is 0.0154. The van der Waals surface area contributed by atoms with Gasteiger partial charge in [-0.05, 0) is 6.42 Å². The van der Waals surface area contributed by atoms with E-state index >= 15 is 0 Å². The van der Waals surface area contributed by atoms with Crippen LogP contribution in [-0.2, 0) is 9.84 Å². The van der Waals surface area contributed by atoms with E-state index in [2.05, 4.69) is 15.9 Å². The molecule has 6 nitrogen and oxygen atoms in total. The molecule has 0 aliphatic carbocycles. The van der Waals surface area contributed by atoms with E-state index in [0.717, 1.165) is 12.3 Å². The fourth-order valence-electron chi connectivity index (χ4n) is 1.57. The SMILES string of the molecule is CCC(Br)(C(=O)c1cccc([N+](=O)[O-])c1)S(C)(=O)=O. The number of halogens is 1. The highest BCUT2D eigenvalue weighted by atomic mass is 79.9. The average molecular weight is 350 g/mol. The lowest BCUT2D eigenvalue weighted by atomic mass is 10.1. The van der Waals surface area contributed by atoms with E-state index in [4.69, 9.17) is 0 Å². The summed E-state index contributed by atoms with van der Waals surface area (Å²) in [5.74, 6) is -0.707. The number of nitro groups is 1. The number of alkyl halides is 1. The van der Waals surface area contributed by atoms with Crippen molar-refractivity contribution in [3.05, 3.63) is 39.9 Å². The van der Waals surface area contributed by atoms with Gasteiger partial charge >= 0.3 is 0 Å². The third-order valence-corrected chi connectivity index (χ3v) is 7.04. The number of carbonyl (C=O) groups is 1. The first-order chi connectivity index (χ1) is 8.63. The zero-order chi connectivity index (χ0) is 14.8. The van der Waals surface area contributed by atoms with Gasteiger partial charge in [0.15, 0.2) is 19.3 Å². The minimum Gasteiger partial charge on any atom is -0.291 e. The zero-order valence-corrected chi connectivity index (χ0v) is 12.7. The lowest BCUT2D eigenvalue weighted by Gasteiger charge is -2.22. The number of nitro benzene ring substituents is 1. The van der Waals surface area contributed by atoms with Gasteiger partial charge in [0.25, 0.3) is 5.69 Å². The van der Waals surface area contributed by atoms with E-state index < -0.39 is 24.2 Å². The molecule has 1 rings (SSSR count). The van der Waals surface area contributed by atoms with Gasteiger partial charge in [-0.3, -0.25) is 14.9 Å². The highest BCUT2D eigenvalue weighted by Gasteiger charge is 2.44. The molecule has 1 aromatic rings. The lowest BCUT2D eigenvalue weighted by Crippen LogP contribution is -2.39. The number of carbonyl (C=O) groups excluding carboxylic acids is 1. The Labute approximate surface area is 119 Å². The fraction of sp³-hybridized carbons (Fsp3) is 0.364. The number of ketones is 1. The van der Waals surface area contributed by atoms with Crippen molar-refractivity contribution in [1.82, 2.24) is 0 Å².